The smallest absolute Gasteiger partial charge is 0.419 e. The second-order valence-electron chi connectivity index (χ2n) is 25.4. The van der Waals surface area contributed by atoms with E-state index in [-0.39, 0.29) is 38.5 Å². The monoisotopic (exact) mass is 1270 g/mol. The van der Waals surface area contributed by atoms with Crippen molar-refractivity contribution >= 4 is 81.4 Å². The van der Waals surface area contributed by atoms with Crippen LogP contribution < -0.4 is 47.9 Å². The second-order valence-corrected chi connectivity index (χ2v) is 25.4. The number of benzene rings is 3. The summed E-state index contributed by atoms with van der Waals surface area (Å²) in [6.07, 6.45) is 8.76. The SMILES string of the molecule is C#CCC[C@@H](NC(=O)[C@H](C)NC(=O)OC(C)(C)C)C(=O)N[C@H](Cc1cn(C(=O)OC(C)(C)C)c2ccccc12)C(=O)N[C@@H](C)C(=O)N[C@@H](Cc1cn(C(=O)OC(C)(C)C)c2ccccc12)C(=O)N[C@H](Cc1ccccc1)C(=O)N[C@@H](CCCCNCC=C)C(=O)NC. The Hall–Kier alpha value is -9.50. The van der Waals surface area contributed by atoms with Crippen LogP contribution in [0.25, 0.3) is 21.8 Å². The molecular formula is C68H91N11O13. The molecule has 5 rings (SSSR count). The van der Waals surface area contributed by atoms with E-state index >= 15 is 4.79 Å². The Morgan fingerprint density at radius 2 is 0.924 bits per heavy atom. The van der Waals surface area contributed by atoms with Crippen LogP contribution in [0.4, 0.5) is 14.4 Å². The minimum absolute atomic E-state index is 0.0107. The van der Waals surface area contributed by atoms with Crippen LogP contribution >= 0.6 is 0 Å². The lowest BCUT2D eigenvalue weighted by Crippen LogP contribution is -2.60. The molecule has 0 radical (unpaired) electrons. The molecule has 24 heteroatoms. The maximum Gasteiger partial charge on any atom is 0.419 e. The van der Waals surface area contributed by atoms with Gasteiger partial charge in [-0.15, -0.1) is 18.9 Å². The van der Waals surface area contributed by atoms with E-state index in [1.54, 1.807) is 147 Å². The summed E-state index contributed by atoms with van der Waals surface area (Å²) < 4.78 is 19.3. The van der Waals surface area contributed by atoms with Crippen LogP contribution in [0.2, 0.25) is 0 Å². The van der Waals surface area contributed by atoms with E-state index in [4.69, 9.17) is 20.6 Å². The number of ether oxygens (including phenoxy) is 3. The molecule has 2 heterocycles. The topological polar surface area (TPSA) is 317 Å². The predicted octanol–water partition coefficient (Wildman–Crippen LogP) is 6.14. The van der Waals surface area contributed by atoms with Crippen molar-refractivity contribution in [2.45, 2.75) is 187 Å². The summed E-state index contributed by atoms with van der Waals surface area (Å²) in [5.74, 6) is -3.03. The van der Waals surface area contributed by atoms with Crippen LogP contribution in [0, 0.1) is 12.3 Å². The first-order valence-electron chi connectivity index (χ1n) is 30.8. The fraction of sp³-hybridized carbons (Fsp3) is 0.471. The molecule has 0 saturated carbocycles. The molecule has 0 aliphatic heterocycles. The number of para-hydroxylation sites is 2. The number of carbonyl (C=O) groups is 10. The number of hydrogen-bond acceptors (Lipinski definition) is 14. The second kappa shape index (κ2) is 33.5. The third kappa shape index (κ3) is 22.8. The van der Waals surface area contributed by atoms with Crippen molar-refractivity contribution in [1.29, 1.82) is 0 Å². The van der Waals surface area contributed by atoms with Gasteiger partial charge in [0.15, 0.2) is 0 Å². The molecule has 2 aromatic heterocycles. The highest BCUT2D eigenvalue weighted by Crippen LogP contribution is 2.27. The molecule has 9 N–H and O–H groups in total. The molecule has 0 spiro atoms. The van der Waals surface area contributed by atoms with Gasteiger partial charge in [-0.1, -0.05) is 72.8 Å². The summed E-state index contributed by atoms with van der Waals surface area (Å²) in [7, 11) is 1.45. The molecule has 0 fully saturated rings. The number of amides is 8. The predicted molar refractivity (Wildman–Crippen MR) is 350 cm³/mol. The van der Waals surface area contributed by atoms with Gasteiger partial charge >= 0.3 is 18.3 Å². The van der Waals surface area contributed by atoms with E-state index in [1.807, 2.05) is 0 Å². The van der Waals surface area contributed by atoms with Gasteiger partial charge < -0.3 is 62.1 Å². The van der Waals surface area contributed by atoms with Gasteiger partial charge in [0.1, 0.15) is 59.1 Å². The molecular weight excluding hydrogens is 1180 g/mol. The van der Waals surface area contributed by atoms with E-state index < -0.39 is 119 Å². The highest BCUT2D eigenvalue weighted by Gasteiger charge is 2.35. The number of fused-ring (bicyclic) bond motifs is 2. The van der Waals surface area contributed by atoms with Crippen molar-refractivity contribution < 1.29 is 62.2 Å². The zero-order valence-electron chi connectivity index (χ0n) is 54.8. The highest BCUT2D eigenvalue weighted by molar-refractivity contribution is 5.99. The molecule has 5 aromatic rings. The Morgan fingerprint density at radius 1 is 0.511 bits per heavy atom. The normalized spacial score (nSPS) is 13.9. The number of likely N-dealkylation sites (N-methyl/N-ethyl adjacent to an activating group) is 1. The van der Waals surface area contributed by atoms with E-state index in [0.29, 0.717) is 64.4 Å². The lowest BCUT2D eigenvalue weighted by atomic mass is 10.0. The summed E-state index contributed by atoms with van der Waals surface area (Å²) >= 11 is 0. The Balaban J connectivity index is 1.54. The van der Waals surface area contributed by atoms with Crippen molar-refractivity contribution in [2.24, 2.45) is 0 Å². The Morgan fingerprint density at radius 3 is 1.40 bits per heavy atom. The van der Waals surface area contributed by atoms with Crippen molar-refractivity contribution in [1.82, 2.24) is 57.0 Å². The first-order chi connectivity index (χ1) is 43.3. The van der Waals surface area contributed by atoms with Crippen LogP contribution in [0.15, 0.2) is 104 Å². The molecule has 92 heavy (non-hydrogen) atoms. The fourth-order valence-corrected chi connectivity index (χ4v) is 9.75. The molecule has 0 bridgehead atoms. The van der Waals surface area contributed by atoms with E-state index in [9.17, 15) is 43.2 Å². The number of terminal acetylenes is 1. The summed E-state index contributed by atoms with van der Waals surface area (Å²) in [5, 5.41) is 25.8. The van der Waals surface area contributed by atoms with Gasteiger partial charge in [-0.2, -0.15) is 0 Å². The molecule has 24 nitrogen and oxygen atoms in total. The van der Waals surface area contributed by atoms with Gasteiger partial charge in [0.25, 0.3) is 0 Å². The number of rotatable bonds is 29. The van der Waals surface area contributed by atoms with Crippen molar-refractivity contribution in [2.75, 3.05) is 20.1 Å². The molecule has 0 aliphatic carbocycles. The lowest BCUT2D eigenvalue weighted by molar-refractivity contribution is -0.135. The third-order valence-electron chi connectivity index (χ3n) is 14.2. The largest absolute Gasteiger partial charge is 0.444 e. The average molecular weight is 1270 g/mol. The molecule has 8 amide bonds. The molecule has 3 aromatic carbocycles. The Bertz CT molecular complexity index is 3480. The summed E-state index contributed by atoms with van der Waals surface area (Å²) in [6, 6.07) is 13.1. The van der Waals surface area contributed by atoms with Gasteiger partial charge in [-0.3, -0.25) is 42.7 Å². The maximum absolute atomic E-state index is 15.2. The molecule has 0 saturated heterocycles. The summed E-state index contributed by atoms with van der Waals surface area (Å²) in [6.45, 7) is 22.9. The summed E-state index contributed by atoms with van der Waals surface area (Å²) in [5.41, 5.74) is -0.390. The Kier molecular flexibility index (Phi) is 26.7. The minimum atomic E-state index is -1.55. The molecule has 0 aliphatic rings. The maximum atomic E-state index is 15.2. The molecule has 7 atom stereocenters. The number of unbranched alkanes of at least 4 members (excludes halogenated alkanes) is 1. The van der Waals surface area contributed by atoms with Gasteiger partial charge in [-0.25, -0.2) is 14.4 Å². The van der Waals surface area contributed by atoms with Gasteiger partial charge in [0.2, 0.25) is 41.4 Å². The number of nitrogens with zero attached hydrogens (tertiary/aromatic N) is 2. The molecule has 496 valence electrons. The highest BCUT2D eigenvalue weighted by atomic mass is 16.6. The average Bonchev–Trinajstić information content (AvgIpc) is 1.66. The van der Waals surface area contributed by atoms with E-state index in [2.05, 4.69) is 60.4 Å². The van der Waals surface area contributed by atoms with Crippen molar-refractivity contribution in [3.8, 4) is 12.3 Å². The van der Waals surface area contributed by atoms with Crippen LogP contribution in [-0.2, 0) is 67.0 Å². The number of alkyl carbamates (subject to hydrolysis) is 1. The summed E-state index contributed by atoms with van der Waals surface area (Å²) in [4.78, 5) is 141. The lowest BCUT2D eigenvalue weighted by Gasteiger charge is -2.27. The van der Waals surface area contributed by atoms with E-state index in [0.717, 1.165) is 0 Å². The standard InChI is InChI=1S/C68H91N11O13/c1-15-17-31-50(73-57(81)43(4)72-63(87)90-66(5,6)7)59(83)77-52(38-45-40-78(64(88)91-67(8,9)10)54-33-23-21-29-47(45)54)60(84)71-42(3)56(80)75-53(39-46-41-79(65(89)92-68(11,12)13)55-34-24-22-30-48(46)55)62(86)76-51(37-44-27-19-18-20-28-44)61(85)74-49(58(82)69-14)32-25-26-36-70-35-16-2/h1,16,18-24,27-30,33-34,40-43,49-53,70H,2,17,25-26,31-32,35-39H2,3-14H3,(H,69,82)(H,71,84)(H,72,87)(H,73,81)(H,74,85)(H,75,80)(H,76,86)(H,77,83)/t42-,43-,49-,50+,51+,52+,53-/m0/s1. The quantitative estimate of drug-likeness (QED) is 0.0113. The number of aromatic nitrogens is 2. The zero-order valence-corrected chi connectivity index (χ0v) is 54.8. The van der Waals surface area contributed by atoms with Gasteiger partial charge in [0, 0.05) is 62.4 Å². The zero-order chi connectivity index (χ0) is 68.1. The van der Waals surface area contributed by atoms with Crippen LogP contribution in [-0.4, -0.2) is 148 Å². The first kappa shape index (κ1) is 73.2. The van der Waals surface area contributed by atoms with Crippen LogP contribution in [0.3, 0.4) is 0 Å². The molecule has 0 unspecified atom stereocenters. The van der Waals surface area contributed by atoms with Gasteiger partial charge in [0.05, 0.1) is 11.0 Å². The number of hydrogen-bond donors (Lipinski definition) is 9. The van der Waals surface area contributed by atoms with Crippen molar-refractivity contribution in [3.63, 3.8) is 0 Å². The number of carbonyl (C=O) groups excluding carboxylic acids is 10. The first-order valence-corrected chi connectivity index (χ1v) is 30.8. The van der Waals surface area contributed by atoms with Crippen molar-refractivity contribution in [3.05, 3.63) is 121 Å². The van der Waals surface area contributed by atoms with Crippen LogP contribution in [0.5, 0.6) is 0 Å². The number of nitrogens with one attached hydrogen (secondary N) is 9. The van der Waals surface area contributed by atoms with E-state index in [1.165, 1.54) is 42.4 Å². The third-order valence-corrected chi connectivity index (χ3v) is 14.2. The fourth-order valence-electron chi connectivity index (χ4n) is 9.75. The van der Waals surface area contributed by atoms with Gasteiger partial charge in [-0.05, 0) is 137 Å². The van der Waals surface area contributed by atoms with Crippen LogP contribution in [0.1, 0.15) is 125 Å². The Labute approximate surface area is 538 Å². The minimum Gasteiger partial charge on any atom is -0.444 e.